The van der Waals surface area contributed by atoms with Crippen molar-refractivity contribution < 1.29 is 0 Å². The molecule has 1 aliphatic rings. The second kappa shape index (κ2) is 4.18. The van der Waals surface area contributed by atoms with Crippen LogP contribution in [0.15, 0.2) is 17.2 Å². The van der Waals surface area contributed by atoms with Crippen molar-refractivity contribution in [3.8, 4) is 11.8 Å². The van der Waals surface area contributed by atoms with E-state index in [1.807, 2.05) is 0 Å². The van der Waals surface area contributed by atoms with E-state index in [9.17, 15) is 4.79 Å². The van der Waals surface area contributed by atoms with E-state index in [0.717, 1.165) is 12.8 Å². The summed E-state index contributed by atoms with van der Waals surface area (Å²) in [5, 5.41) is 2.92. The highest BCUT2D eigenvalue weighted by Crippen LogP contribution is 2.33. The van der Waals surface area contributed by atoms with Gasteiger partial charge in [-0.3, -0.25) is 4.79 Å². The van der Waals surface area contributed by atoms with E-state index >= 15 is 0 Å². The van der Waals surface area contributed by atoms with Gasteiger partial charge < -0.3 is 9.88 Å². The number of nitrogens with one attached hydrogen (secondary N) is 1. The molecular weight excluding hydrogens is 190 g/mol. The van der Waals surface area contributed by atoms with Crippen LogP contribution in [0, 0.1) is 11.8 Å². The lowest BCUT2D eigenvalue weighted by molar-refractivity contribution is 0.700. The van der Waals surface area contributed by atoms with Crippen molar-refractivity contribution in [1.29, 1.82) is 0 Å². The summed E-state index contributed by atoms with van der Waals surface area (Å²) in [4.78, 5) is 15.8. The first-order chi connectivity index (χ1) is 7.33. The summed E-state index contributed by atoms with van der Waals surface area (Å²) < 4.78 is 1.74. The molecule has 0 atom stereocenters. The average Bonchev–Trinajstić information content (AvgIpc) is 3.05. The molecule has 4 heteroatoms. The lowest BCUT2D eigenvalue weighted by Crippen LogP contribution is -2.23. The lowest BCUT2D eigenvalue weighted by Gasteiger charge is -2.05. The number of anilines is 1. The second-order valence-electron chi connectivity index (χ2n) is 3.50. The first kappa shape index (κ1) is 9.78. The van der Waals surface area contributed by atoms with Gasteiger partial charge in [0, 0.05) is 18.4 Å². The van der Waals surface area contributed by atoms with Crippen molar-refractivity contribution in [2.24, 2.45) is 0 Å². The summed E-state index contributed by atoms with van der Waals surface area (Å²) in [6.45, 7) is 2.23. The van der Waals surface area contributed by atoms with Crippen molar-refractivity contribution >= 4 is 5.82 Å². The Balaban J connectivity index is 2.18. The van der Waals surface area contributed by atoms with E-state index in [0.29, 0.717) is 18.4 Å². The monoisotopic (exact) mass is 203 g/mol. The third-order valence-electron chi connectivity index (χ3n) is 2.33. The quantitative estimate of drug-likeness (QED) is 0.746. The van der Waals surface area contributed by atoms with E-state index in [2.05, 4.69) is 22.1 Å². The molecule has 0 radical (unpaired) electrons. The normalized spacial score (nSPS) is 14.2. The predicted octanol–water partition coefficient (Wildman–Crippen LogP) is 1.01. The van der Waals surface area contributed by atoms with Crippen molar-refractivity contribution in [2.75, 3.05) is 11.9 Å². The molecule has 0 spiro atoms. The average molecular weight is 203 g/mol. The van der Waals surface area contributed by atoms with Crippen LogP contribution in [-0.2, 0) is 0 Å². The van der Waals surface area contributed by atoms with Crippen molar-refractivity contribution in [1.82, 2.24) is 9.55 Å². The van der Waals surface area contributed by atoms with Crippen molar-refractivity contribution in [3.05, 3.63) is 22.7 Å². The maximum absolute atomic E-state index is 11.8. The molecule has 0 unspecified atom stereocenters. The molecule has 1 aromatic heterocycles. The predicted molar refractivity (Wildman–Crippen MR) is 58.7 cm³/mol. The number of rotatable bonds is 3. The highest BCUT2D eigenvalue weighted by Gasteiger charge is 2.24. The third kappa shape index (κ3) is 2.18. The molecule has 0 saturated heterocycles. The van der Waals surface area contributed by atoms with Gasteiger partial charge in [-0.05, 0) is 19.8 Å². The van der Waals surface area contributed by atoms with E-state index in [-0.39, 0.29) is 5.56 Å². The molecule has 1 N–H and O–H groups in total. The Hall–Kier alpha value is -1.76. The van der Waals surface area contributed by atoms with Gasteiger partial charge in [0.15, 0.2) is 5.82 Å². The fourth-order valence-electron chi connectivity index (χ4n) is 1.40. The van der Waals surface area contributed by atoms with E-state index < -0.39 is 0 Å². The zero-order chi connectivity index (χ0) is 10.7. The van der Waals surface area contributed by atoms with Crippen LogP contribution in [0.1, 0.15) is 25.8 Å². The van der Waals surface area contributed by atoms with Gasteiger partial charge in [-0.25, -0.2) is 4.98 Å². The summed E-state index contributed by atoms with van der Waals surface area (Å²) in [5.74, 6) is 5.99. The molecule has 0 bridgehead atoms. The van der Waals surface area contributed by atoms with Gasteiger partial charge in [-0.1, -0.05) is 5.92 Å². The Morgan fingerprint density at radius 3 is 3.13 bits per heavy atom. The third-order valence-corrected chi connectivity index (χ3v) is 2.33. The van der Waals surface area contributed by atoms with Gasteiger partial charge in [0.2, 0.25) is 0 Å². The largest absolute Gasteiger partial charge is 0.355 e. The standard InChI is InChI=1S/C11H13N3O/c1-2-3-6-12-10-11(15)14(8-7-13-10)9-4-5-9/h7-9H,4-6H2,1H3,(H,12,13). The molecule has 15 heavy (non-hydrogen) atoms. The van der Waals surface area contributed by atoms with Crippen LogP contribution in [0.3, 0.4) is 0 Å². The maximum Gasteiger partial charge on any atom is 0.293 e. The zero-order valence-corrected chi connectivity index (χ0v) is 8.66. The first-order valence-electron chi connectivity index (χ1n) is 5.03. The van der Waals surface area contributed by atoms with Crippen LogP contribution in [0.5, 0.6) is 0 Å². The van der Waals surface area contributed by atoms with Crippen LogP contribution in [0.25, 0.3) is 0 Å². The molecule has 0 amide bonds. The maximum atomic E-state index is 11.8. The Kier molecular flexibility index (Phi) is 2.72. The van der Waals surface area contributed by atoms with Gasteiger partial charge in [0.1, 0.15) is 0 Å². The summed E-state index contributed by atoms with van der Waals surface area (Å²) in [5.41, 5.74) is -0.0436. The first-order valence-corrected chi connectivity index (χ1v) is 5.03. The van der Waals surface area contributed by atoms with Crippen molar-refractivity contribution in [3.63, 3.8) is 0 Å². The molecule has 1 aliphatic carbocycles. The van der Waals surface area contributed by atoms with Gasteiger partial charge in [-0.15, -0.1) is 5.92 Å². The minimum atomic E-state index is -0.0436. The van der Waals surface area contributed by atoms with Crippen LogP contribution in [0.4, 0.5) is 5.82 Å². The fourth-order valence-corrected chi connectivity index (χ4v) is 1.40. The van der Waals surface area contributed by atoms with Crippen LogP contribution in [-0.4, -0.2) is 16.1 Å². The molecule has 1 fully saturated rings. The molecule has 1 heterocycles. The SMILES string of the molecule is CC#CCNc1nccn(C2CC2)c1=O. The minimum Gasteiger partial charge on any atom is -0.355 e. The zero-order valence-electron chi connectivity index (χ0n) is 8.66. The van der Waals surface area contributed by atoms with Crippen LogP contribution < -0.4 is 10.9 Å². The number of hydrogen-bond acceptors (Lipinski definition) is 3. The van der Waals surface area contributed by atoms with Gasteiger partial charge in [-0.2, -0.15) is 0 Å². The summed E-state index contributed by atoms with van der Waals surface area (Å²) in [6.07, 6.45) is 5.59. The highest BCUT2D eigenvalue weighted by atomic mass is 16.1. The molecular formula is C11H13N3O. The Morgan fingerprint density at radius 1 is 1.67 bits per heavy atom. The molecule has 1 aromatic rings. The lowest BCUT2D eigenvalue weighted by atomic mass is 10.5. The Morgan fingerprint density at radius 2 is 2.47 bits per heavy atom. The van der Waals surface area contributed by atoms with Crippen LogP contribution >= 0.6 is 0 Å². The molecule has 78 valence electrons. The number of nitrogens with zero attached hydrogens (tertiary/aromatic N) is 2. The summed E-state index contributed by atoms with van der Waals surface area (Å²) in [7, 11) is 0. The topological polar surface area (TPSA) is 46.9 Å². The molecule has 1 saturated carbocycles. The van der Waals surface area contributed by atoms with Crippen molar-refractivity contribution in [2.45, 2.75) is 25.8 Å². The molecule has 0 aliphatic heterocycles. The molecule has 4 nitrogen and oxygen atoms in total. The smallest absolute Gasteiger partial charge is 0.293 e. The fraction of sp³-hybridized carbons (Fsp3) is 0.455. The van der Waals surface area contributed by atoms with Crippen LogP contribution in [0.2, 0.25) is 0 Å². The summed E-state index contributed by atoms with van der Waals surface area (Å²) >= 11 is 0. The van der Waals surface area contributed by atoms with Gasteiger partial charge in [0.25, 0.3) is 5.56 Å². The van der Waals surface area contributed by atoms with E-state index in [4.69, 9.17) is 0 Å². The summed E-state index contributed by atoms with van der Waals surface area (Å²) in [6, 6.07) is 0.387. The Labute approximate surface area is 88.3 Å². The van der Waals surface area contributed by atoms with E-state index in [1.165, 1.54) is 0 Å². The van der Waals surface area contributed by atoms with Gasteiger partial charge in [0.05, 0.1) is 6.54 Å². The second-order valence-corrected chi connectivity index (χ2v) is 3.50. The van der Waals surface area contributed by atoms with E-state index in [1.54, 1.807) is 23.9 Å². The minimum absolute atomic E-state index is 0.0436. The van der Waals surface area contributed by atoms with Gasteiger partial charge >= 0.3 is 0 Å². The Bertz CT molecular complexity index is 463. The highest BCUT2D eigenvalue weighted by molar-refractivity contribution is 5.33. The number of aromatic nitrogens is 2. The number of hydrogen-bond donors (Lipinski definition) is 1. The molecule has 0 aromatic carbocycles. The molecule has 2 rings (SSSR count).